The van der Waals surface area contributed by atoms with Crippen LogP contribution in [0.3, 0.4) is 0 Å². The van der Waals surface area contributed by atoms with Gasteiger partial charge in [0.25, 0.3) is 0 Å². The van der Waals surface area contributed by atoms with Crippen LogP contribution in [0.1, 0.15) is 5.56 Å². The van der Waals surface area contributed by atoms with E-state index in [2.05, 4.69) is 152 Å². The molecule has 9 aromatic carbocycles. The van der Waals surface area contributed by atoms with Gasteiger partial charge in [0, 0.05) is 27.5 Å². The fraction of sp³-hybridized carbons (Fsp3) is 0. The number of furan rings is 1. The zero-order chi connectivity index (χ0) is 42.1. The van der Waals surface area contributed by atoms with Crippen LogP contribution in [-0.2, 0) is 0 Å². The summed E-state index contributed by atoms with van der Waals surface area (Å²) in [5.74, 6) is 1.60. The summed E-state index contributed by atoms with van der Waals surface area (Å²) in [5.41, 5.74) is 15.4. The van der Waals surface area contributed by atoms with Crippen LogP contribution >= 0.6 is 0 Å². The number of hydrogen-bond donors (Lipinski definition) is 0. The molecular formula is C58H36N4O. The maximum absolute atomic E-state index is 9.65. The second-order valence-corrected chi connectivity index (χ2v) is 15.5. The highest BCUT2D eigenvalue weighted by atomic mass is 16.3. The Hall–Kier alpha value is -8.72. The van der Waals surface area contributed by atoms with Crippen molar-refractivity contribution in [2.45, 2.75) is 0 Å². The SMILES string of the molecule is N#Cc1cccc(-c2cccc(-c3nc(-c4cc(-c5ccccc5)cc(-c5ccccc5)c4)nc(-c4ccc5c(c4)oc4cccc(-c6ccccc6-c6ccccc6)c45)n3)c2)c1. The lowest BCUT2D eigenvalue weighted by molar-refractivity contribution is 0.669. The van der Waals surface area contributed by atoms with Crippen molar-refractivity contribution in [2.24, 2.45) is 0 Å². The minimum Gasteiger partial charge on any atom is -0.456 e. The van der Waals surface area contributed by atoms with Crippen molar-refractivity contribution in [1.29, 1.82) is 5.26 Å². The van der Waals surface area contributed by atoms with Crippen molar-refractivity contribution >= 4 is 21.9 Å². The monoisotopic (exact) mass is 804 g/mol. The molecule has 0 aliphatic heterocycles. The van der Waals surface area contributed by atoms with E-state index in [1.807, 2.05) is 72.8 Å². The molecule has 11 rings (SSSR count). The maximum Gasteiger partial charge on any atom is 0.164 e. The molecule has 2 heterocycles. The van der Waals surface area contributed by atoms with Crippen LogP contribution in [0.25, 0.3) is 112 Å². The van der Waals surface area contributed by atoms with Gasteiger partial charge < -0.3 is 4.42 Å². The van der Waals surface area contributed by atoms with Gasteiger partial charge in [-0.1, -0.05) is 164 Å². The van der Waals surface area contributed by atoms with E-state index in [9.17, 15) is 5.26 Å². The highest BCUT2D eigenvalue weighted by molar-refractivity contribution is 6.14. The molecule has 0 spiro atoms. The fourth-order valence-corrected chi connectivity index (χ4v) is 8.50. The Kier molecular flexibility index (Phi) is 9.50. The molecule has 11 aromatic rings. The number of nitrogens with zero attached hydrogens (tertiary/aromatic N) is 4. The molecule has 63 heavy (non-hydrogen) atoms. The molecule has 2 aromatic heterocycles. The van der Waals surface area contributed by atoms with Crippen LogP contribution < -0.4 is 0 Å². The average molecular weight is 805 g/mol. The van der Waals surface area contributed by atoms with Gasteiger partial charge in [0.2, 0.25) is 0 Å². The molecule has 0 fully saturated rings. The van der Waals surface area contributed by atoms with E-state index in [0.717, 1.165) is 94.3 Å². The third kappa shape index (κ3) is 7.22. The van der Waals surface area contributed by atoms with Crippen LogP contribution in [0.5, 0.6) is 0 Å². The van der Waals surface area contributed by atoms with Gasteiger partial charge in [-0.25, -0.2) is 15.0 Å². The standard InChI is InChI=1S/C58H36N4O/c59-37-38-15-12-22-42(31-38)43-23-13-24-44(32-43)56-60-57(62-58(61-56)48-34-46(39-16-4-1-5-17-39)33-47(35-48)40-18-6-2-7-19-40)45-29-30-52-54(36-45)63-53-28-14-27-51(55(52)53)50-26-11-10-25-49(50)41-20-8-3-9-21-41/h1-36H. The summed E-state index contributed by atoms with van der Waals surface area (Å²) in [6, 6.07) is 76.9. The number of benzene rings is 9. The molecule has 0 saturated carbocycles. The van der Waals surface area contributed by atoms with Crippen molar-refractivity contribution in [2.75, 3.05) is 0 Å². The first-order chi connectivity index (χ1) is 31.1. The predicted octanol–water partition coefficient (Wildman–Crippen LogP) is 15.0. The summed E-state index contributed by atoms with van der Waals surface area (Å²) in [4.78, 5) is 15.6. The Bertz CT molecular complexity index is 3460. The number of fused-ring (bicyclic) bond motifs is 3. The van der Waals surface area contributed by atoms with Crippen LogP contribution in [0, 0.1) is 11.3 Å². The van der Waals surface area contributed by atoms with E-state index < -0.39 is 0 Å². The van der Waals surface area contributed by atoms with E-state index in [1.165, 1.54) is 0 Å². The summed E-state index contributed by atoms with van der Waals surface area (Å²) in [7, 11) is 0. The van der Waals surface area contributed by atoms with Crippen molar-refractivity contribution in [1.82, 2.24) is 15.0 Å². The van der Waals surface area contributed by atoms with E-state index >= 15 is 0 Å². The van der Waals surface area contributed by atoms with Crippen molar-refractivity contribution in [3.8, 4) is 95.9 Å². The zero-order valence-corrected chi connectivity index (χ0v) is 34.0. The molecule has 0 aliphatic rings. The topological polar surface area (TPSA) is 75.6 Å². The average Bonchev–Trinajstić information content (AvgIpc) is 3.75. The van der Waals surface area contributed by atoms with Crippen LogP contribution in [0.15, 0.2) is 223 Å². The van der Waals surface area contributed by atoms with Gasteiger partial charge in [-0.15, -0.1) is 0 Å². The van der Waals surface area contributed by atoms with Crippen LogP contribution in [0.2, 0.25) is 0 Å². The van der Waals surface area contributed by atoms with E-state index in [0.29, 0.717) is 23.0 Å². The highest BCUT2D eigenvalue weighted by Gasteiger charge is 2.19. The second-order valence-electron chi connectivity index (χ2n) is 15.5. The normalized spacial score (nSPS) is 11.2. The minimum absolute atomic E-state index is 0.523. The van der Waals surface area contributed by atoms with Gasteiger partial charge in [-0.3, -0.25) is 0 Å². The van der Waals surface area contributed by atoms with Crippen LogP contribution in [0.4, 0.5) is 0 Å². The summed E-state index contributed by atoms with van der Waals surface area (Å²) >= 11 is 0. The molecule has 0 unspecified atom stereocenters. The van der Waals surface area contributed by atoms with Gasteiger partial charge in [0.15, 0.2) is 17.5 Å². The van der Waals surface area contributed by atoms with Gasteiger partial charge in [-0.2, -0.15) is 5.26 Å². The third-order valence-corrected chi connectivity index (χ3v) is 11.5. The lowest BCUT2D eigenvalue weighted by atomic mass is 9.92. The number of rotatable bonds is 8. The fourth-order valence-electron chi connectivity index (χ4n) is 8.50. The van der Waals surface area contributed by atoms with Gasteiger partial charge in [-0.05, 0) is 110 Å². The lowest BCUT2D eigenvalue weighted by Crippen LogP contribution is -2.01. The van der Waals surface area contributed by atoms with Crippen LogP contribution in [-0.4, -0.2) is 15.0 Å². The number of hydrogen-bond acceptors (Lipinski definition) is 5. The Labute approximate surface area is 364 Å². The van der Waals surface area contributed by atoms with Gasteiger partial charge >= 0.3 is 0 Å². The zero-order valence-electron chi connectivity index (χ0n) is 34.0. The quantitative estimate of drug-likeness (QED) is 0.153. The number of aromatic nitrogens is 3. The molecular weight excluding hydrogens is 769 g/mol. The smallest absolute Gasteiger partial charge is 0.164 e. The Balaban J connectivity index is 1.09. The molecule has 0 atom stereocenters. The summed E-state index contributed by atoms with van der Waals surface area (Å²) in [5, 5.41) is 11.7. The molecule has 294 valence electrons. The maximum atomic E-state index is 9.65. The molecule has 5 nitrogen and oxygen atoms in total. The first kappa shape index (κ1) is 37.3. The minimum atomic E-state index is 0.523. The largest absolute Gasteiger partial charge is 0.456 e. The molecule has 0 saturated heterocycles. The third-order valence-electron chi connectivity index (χ3n) is 11.5. The molecule has 0 radical (unpaired) electrons. The van der Waals surface area contributed by atoms with E-state index in [1.54, 1.807) is 0 Å². The predicted molar refractivity (Wildman–Crippen MR) is 255 cm³/mol. The lowest BCUT2D eigenvalue weighted by Gasteiger charge is -2.13. The van der Waals surface area contributed by atoms with Gasteiger partial charge in [0.1, 0.15) is 11.2 Å². The molecule has 0 N–H and O–H groups in total. The van der Waals surface area contributed by atoms with Crippen molar-refractivity contribution in [3.63, 3.8) is 0 Å². The summed E-state index contributed by atoms with van der Waals surface area (Å²) in [6.07, 6.45) is 0. The summed E-state index contributed by atoms with van der Waals surface area (Å²) < 4.78 is 6.67. The molecule has 0 bridgehead atoms. The number of nitriles is 1. The highest BCUT2D eigenvalue weighted by Crippen LogP contribution is 2.42. The molecule has 5 heteroatoms. The Morgan fingerprint density at radius 2 is 0.794 bits per heavy atom. The van der Waals surface area contributed by atoms with E-state index in [4.69, 9.17) is 19.4 Å². The summed E-state index contributed by atoms with van der Waals surface area (Å²) in [6.45, 7) is 0. The van der Waals surface area contributed by atoms with Crippen molar-refractivity contribution < 1.29 is 4.42 Å². The van der Waals surface area contributed by atoms with E-state index in [-0.39, 0.29) is 0 Å². The van der Waals surface area contributed by atoms with Crippen molar-refractivity contribution in [3.05, 3.63) is 224 Å². The first-order valence-electron chi connectivity index (χ1n) is 20.9. The Morgan fingerprint density at radius 1 is 0.317 bits per heavy atom. The Morgan fingerprint density at radius 3 is 1.46 bits per heavy atom. The molecule has 0 amide bonds. The second kappa shape index (κ2) is 16.0. The van der Waals surface area contributed by atoms with Gasteiger partial charge in [0.05, 0.1) is 11.6 Å². The first-order valence-corrected chi connectivity index (χ1v) is 20.9. The molecule has 0 aliphatic carbocycles.